The fourth-order valence-corrected chi connectivity index (χ4v) is 2.05. The molecule has 1 aromatic carbocycles. The molecule has 24 heavy (non-hydrogen) atoms. The smallest absolute Gasteiger partial charge is 0.261 e. The minimum atomic E-state index is -2.43. The molecular weight excluding hydrogens is 388 g/mol. The van der Waals surface area contributed by atoms with Crippen LogP contribution in [0.25, 0.3) is 0 Å². The van der Waals surface area contributed by atoms with Crippen molar-refractivity contribution in [1.29, 1.82) is 0 Å². The minimum absolute atomic E-state index is 0. The summed E-state index contributed by atoms with van der Waals surface area (Å²) in [6.45, 7) is 8.57. The van der Waals surface area contributed by atoms with E-state index in [-0.39, 0.29) is 79.8 Å². The van der Waals surface area contributed by atoms with E-state index in [1.165, 1.54) is 17.7 Å². The Balaban J connectivity index is -0.000000143. The van der Waals surface area contributed by atoms with Crippen LogP contribution in [0.2, 0.25) is 0 Å². The van der Waals surface area contributed by atoms with Gasteiger partial charge in [0.25, 0.3) is 5.92 Å². The Kier molecular flexibility index (Phi) is 18.9. The van der Waals surface area contributed by atoms with Gasteiger partial charge in [-0.2, -0.15) is 0 Å². The molecule has 0 aliphatic carbocycles. The number of rotatable bonds is 2. The first-order chi connectivity index (χ1) is 9.21. The zero-order valence-corrected chi connectivity index (χ0v) is 16.1. The normalized spacial score (nSPS) is 15.2. The maximum atomic E-state index is 12.5. The van der Waals surface area contributed by atoms with Crippen LogP contribution in [0.3, 0.4) is 0 Å². The fraction of sp³-hybridized carbons (Fsp3) is 0.684. The topological polar surface area (TPSA) is 3.24 Å². The van der Waals surface area contributed by atoms with Crippen LogP contribution in [0, 0.1) is 5.82 Å². The monoisotopic (exact) mass is 424 g/mol. The van der Waals surface area contributed by atoms with Gasteiger partial charge in [0, 0.05) is 51.7 Å². The van der Waals surface area contributed by atoms with Gasteiger partial charge in [-0.05, 0) is 37.5 Å². The molecule has 0 bridgehead atoms. The second-order valence-corrected chi connectivity index (χ2v) is 5.88. The van der Waals surface area contributed by atoms with Crippen LogP contribution in [-0.2, 0) is 32.7 Å². The van der Waals surface area contributed by atoms with Crippen LogP contribution in [0.4, 0.5) is 13.2 Å². The summed E-state index contributed by atoms with van der Waals surface area (Å²) in [4.78, 5) is 1.81. The molecule has 0 saturated carbocycles. The summed E-state index contributed by atoms with van der Waals surface area (Å²) in [5.41, 5.74) is 1.18. The quantitative estimate of drug-likeness (QED) is 0.518. The predicted octanol–water partition coefficient (Wildman–Crippen LogP) is 6.59. The molecule has 0 unspecified atom stereocenters. The van der Waals surface area contributed by atoms with E-state index in [1.807, 2.05) is 26.0 Å². The first-order valence-corrected chi connectivity index (χ1v) is 7.08. The van der Waals surface area contributed by atoms with Crippen molar-refractivity contribution in [3.63, 3.8) is 0 Å². The molecule has 0 spiro atoms. The Bertz CT molecular complexity index is 406. The maximum Gasteiger partial charge on any atom is 0.261 e. The van der Waals surface area contributed by atoms with Gasteiger partial charge in [0.2, 0.25) is 0 Å². The molecule has 141 valence electrons. The van der Waals surface area contributed by atoms with Crippen LogP contribution in [-0.4, -0.2) is 30.0 Å². The Morgan fingerprint density at radius 3 is 1.67 bits per heavy atom. The van der Waals surface area contributed by atoms with Gasteiger partial charge in [-0.3, -0.25) is 4.90 Å². The minimum Gasteiger partial charge on any atom is -0.295 e. The molecule has 0 N–H and O–H groups in total. The van der Waals surface area contributed by atoms with Gasteiger partial charge in [0.15, 0.2) is 0 Å². The first kappa shape index (κ1) is 31.8. The van der Waals surface area contributed by atoms with Crippen molar-refractivity contribution in [3.8, 4) is 0 Å². The largest absolute Gasteiger partial charge is 0.295 e. The average molecular weight is 424 g/mol. The molecule has 1 aromatic rings. The van der Waals surface area contributed by atoms with Crippen molar-refractivity contribution < 1.29 is 45.9 Å². The van der Waals surface area contributed by atoms with Gasteiger partial charge < -0.3 is 0 Å². The number of hydrogen-bond donors (Lipinski definition) is 0. The summed E-state index contributed by atoms with van der Waals surface area (Å²) < 4.78 is 37.4. The van der Waals surface area contributed by atoms with E-state index in [4.69, 9.17) is 0 Å². The van der Waals surface area contributed by atoms with Gasteiger partial charge in [-0.1, -0.05) is 48.3 Å². The molecule has 1 saturated heterocycles. The van der Waals surface area contributed by atoms with Crippen molar-refractivity contribution >= 4 is 0 Å². The molecule has 0 atom stereocenters. The van der Waals surface area contributed by atoms with Crippen LogP contribution in [0.15, 0.2) is 24.3 Å². The number of benzene rings is 1. The number of alkyl halides is 2. The molecule has 2 rings (SSSR count). The molecule has 1 aliphatic rings. The van der Waals surface area contributed by atoms with Gasteiger partial charge in [0.1, 0.15) is 5.82 Å². The molecule has 0 amide bonds. The zero-order chi connectivity index (χ0) is 15.3. The molecule has 1 nitrogen and oxygen atoms in total. The summed E-state index contributed by atoms with van der Waals surface area (Å²) in [5.74, 6) is -2.10. The Labute approximate surface area is 173 Å². The summed E-state index contributed by atoms with van der Waals surface area (Å²) in [6.07, 6.45) is 0.0329. The fourth-order valence-electron chi connectivity index (χ4n) is 2.05. The van der Waals surface area contributed by atoms with Gasteiger partial charge in [0.05, 0.1) is 6.54 Å². The van der Waals surface area contributed by atoms with E-state index in [1.54, 1.807) is 4.90 Å². The summed E-state index contributed by atoms with van der Waals surface area (Å²) in [5, 5.41) is 0. The third kappa shape index (κ3) is 11.6. The molecule has 0 aromatic heterocycles. The van der Waals surface area contributed by atoms with E-state index < -0.39 is 5.92 Å². The van der Waals surface area contributed by atoms with Gasteiger partial charge in [-0.15, -0.1) is 0 Å². The Morgan fingerprint density at radius 2 is 1.42 bits per heavy atom. The Morgan fingerprint density at radius 1 is 0.958 bits per heavy atom. The van der Waals surface area contributed by atoms with Crippen molar-refractivity contribution in [1.82, 2.24) is 4.90 Å². The van der Waals surface area contributed by atoms with Crippen LogP contribution < -0.4 is 0 Å². The zero-order valence-electron chi connectivity index (χ0n) is 13.2. The second kappa shape index (κ2) is 14.3. The first-order valence-electron chi connectivity index (χ1n) is 7.08. The third-order valence-electron chi connectivity index (χ3n) is 3.47. The molecule has 1 aliphatic heterocycles. The van der Waals surface area contributed by atoms with Crippen molar-refractivity contribution in [2.75, 3.05) is 13.1 Å². The van der Waals surface area contributed by atoms with E-state index in [0.717, 1.165) is 0 Å². The summed E-state index contributed by atoms with van der Waals surface area (Å²) in [6, 6.07) is 6.89. The van der Waals surface area contributed by atoms with E-state index in [0.29, 0.717) is 12.5 Å². The second-order valence-electron chi connectivity index (χ2n) is 5.88. The van der Waals surface area contributed by atoms with Crippen LogP contribution in [0.5, 0.6) is 0 Å². The number of hydrogen-bond acceptors (Lipinski definition) is 1. The van der Waals surface area contributed by atoms with E-state index >= 15 is 0 Å². The number of halogens is 3. The van der Waals surface area contributed by atoms with E-state index in [9.17, 15) is 13.2 Å². The number of likely N-dealkylation sites (tertiary alicyclic amines) is 1. The van der Waals surface area contributed by atoms with Gasteiger partial charge in [-0.25, -0.2) is 13.2 Å². The molecule has 1 fully saturated rings. The third-order valence-corrected chi connectivity index (χ3v) is 3.47. The average Bonchev–Trinajstić information content (AvgIpc) is 2.71. The Hall–Kier alpha value is 0.0739. The standard InChI is InChI=1S/C9H11F.C7H13F2N.3CH4.Y/c1-7(2)8-3-5-9(10)6-4-8;1-6(2)10-4-3-7(8,9)5-10;;;;/h3-7H,1-2H3;6H,3-5H2,1-2H3;3*1H4;. The maximum absolute atomic E-state index is 12.5. The molecule has 1 radical (unpaired) electrons. The van der Waals surface area contributed by atoms with Crippen LogP contribution in [0.1, 0.15) is 67.9 Å². The van der Waals surface area contributed by atoms with E-state index in [2.05, 4.69) is 13.8 Å². The van der Waals surface area contributed by atoms with Crippen LogP contribution >= 0.6 is 0 Å². The summed E-state index contributed by atoms with van der Waals surface area (Å²) in [7, 11) is 0. The van der Waals surface area contributed by atoms with Crippen molar-refractivity contribution in [2.24, 2.45) is 0 Å². The predicted molar refractivity (Wildman–Crippen MR) is 97.0 cm³/mol. The molecule has 5 heteroatoms. The van der Waals surface area contributed by atoms with Crippen molar-refractivity contribution in [2.45, 2.75) is 74.3 Å². The molecule has 1 heterocycles. The van der Waals surface area contributed by atoms with Crippen molar-refractivity contribution in [3.05, 3.63) is 35.6 Å². The summed E-state index contributed by atoms with van der Waals surface area (Å²) >= 11 is 0. The van der Waals surface area contributed by atoms with Gasteiger partial charge >= 0.3 is 0 Å². The molecular formula is C19H36F3NY. The SMILES string of the molecule is C.C.C.CC(C)N1CCC(F)(F)C1.CC(C)c1ccc(F)cc1.[Y]. The number of nitrogens with zero attached hydrogens (tertiary/aromatic N) is 1.